The summed E-state index contributed by atoms with van der Waals surface area (Å²) in [5.74, 6) is 0.842. The van der Waals surface area contributed by atoms with Crippen molar-refractivity contribution in [1.29, 1.82) is 0 Å². The number of unbranched alkanes of at least 4 members (excludes halogenated alkanes) is 1. The van der Waals surface area contributed by atoms with Gasteiger partial charge in [0.25, 0.3) is 5.89 Å². The summed E-state index contributed by atoms with van der Waals surface area (Å²) in [6.45, 7) is 4.81. The van der Waals surface area contributed by atoms with E-state index in [9.17, 15) is 4.79 Å². The zero-order chi connectivity index (χ0) is 13.7. The van der Waals surface area contributed by atoms with Crippen LogP contribution in [0.25, 0.3) is 0 Å². The van der Waals surface area contributed by atoms with Crippen molar-refractivity contribution >= 4 is 5.91 Å². The standard InChI is InChI=1S/C13H21N3O3/c1-3-4-7-14-12(17)8-11-15-13(19-16-11)10-6-5-9(2)18-10/h9-10H,3-8H2,1-2H3,(H,14,17). The Balaban J connectivity index is 1.82. The molecule has 2 unspecified atom stereocenters. The number of hydrogen-bond acceptors (Lipinski definition) is 5. The van der Waals surface area contributed by atoms with Crippen LogP contribution in [0.15, 0.2) is 4.52 Å². The largest absolute Gasteiger partial charge is 0.365 e. The molecule has 0 spiro atoms. The zero-order valence-electron chi connectivity index (χ0n) is 11.5. The third-order valence-electron chi connectivity index (χ3n) is 3.16. The number of nitrogens with zero attached hydrogens (tertiary/aromatic N) is 2. The highest BCUT2D eigenvalue weighted by Crippen LogP contribution is 2.31. The normalized spacial score (nSPS) is 22.6. The Hall–Kier alpha value is -1.43. The van der Waals surface area contributed by atoms with Gasteiger partial charge in [-0.1, -0.05) is 18.5 Å². The van der Waals surface area contributed by atoms with Crippen molar-refractivity contribution in [3.63, 3.8) is 0 Å². The number of amides is 1. The maximum atomic E-state index is 11.6. The minimum Gasteiger partial charge on any atom is -0.365 e. The van der Waals surface area contributed by atoms with Crippen LogP contribution in [-0.2, 0) is 16.0 Å². The molecular weight excluding hydrogens is 246 g/mol. The molecule has 0 radical (unpaired) electrons. The molecule has 6 heteroatoms. The van der Waals surface area contributed by atoms with E-state index in [1.807, 2.05) is 6.92 Å². The Morgan fingerprint density at radius 1 is 1.47 bits per heavy atom. The van der Waals surface area contributed by atoms with Gasteiger partial charge in [-0.15, -0.1) is 0 Å². The van der Waals surface area contributed by atoms with Crippen molar-refractivity contribution in [2.45, 2.75) is 58.2 Å². The first kappa shape index (κ1) is 14.0. The number of carbonyl (C=O) groups is 1. The van der Waals surface area contributed by atoms with Gasteiger partial charge in [0.05, 0.1) is 12.5 Å². The highest BCUT2D eigenvalue weighted by molar-refractivity contribution is 5.77. The first-order chi connectivity index (χ1) is 9.19. The molecule has 1 aliphatic heterocycles. The van der Waals surface area contributed by atoms with Crippen molar-refractivity contribution in [3.05, 3.63) is 11.7 Å². The van der Waals surface area contributed by atoms with Crippen molar-refractivity contribution in [2.75, 3.05) is 6.54 Å². The van der Waals surface area contributed by atoms with Gasteiger partial charge >= 0.3 is 0 Å². The maximum absolute atomic E-state index is 11.6. The molecule has 2 rings (SSSR count). The Bertz CT molecular complexity index is 419. The molecule has 106 valence electrons. The van der Waals surface area contributed by atoms with Crippen LogP contribution >= 0.6 is 0 Å². The fourth-order valence-corrected chi connectivity index (χ4v) is 2.07. The average Bonchev–Trinajstić information content (AvgIpc) is 2.98. The lowest BCUT2D eigenvalue weighted by Gasteiger charge is -2.04. The second-order valence-corrected chi connectivity index (χ2v) is 4.94. The van der Waals surface area contributed by atoms with Crippen LogP contribution in [0.5, 0.6) is 0 Å². The first-order valence-corrected chi connectivity index (χ1v) is 6.93. The Morgan fingerprint density at radius 3 is 3.00 bits per heavy atom. The molecule has 1 aliphatic rings. The van der Waals surface area contributed by atoms with Crippen molar-refractivity contribution in [1.82, 2.24) is 15.5 Å². The monoisotopic (exact) mass is 267 g/mol. The summed E-state index contributed by atoms with van der Waals surface area (Å²) in [5.41, 5.74) is 0. The Morgan fingerprint density at radius 2 is 2.32 bits per heavy atom. The highest BCUT2D eigenvalue weighted by atomic mass is 16.5. The molecule has 1 aromatic heterocycles. The number of hydrogen-bond donors (Lipinski definition) is 1. The van der Waals surface area contributed by atoms with E-state index in [1.165, 1.54) is 0 Å². The van der Waals surface area contributed by atoms with Crippen molar-refractivity contribution in [3.8, 4) is 0 Å². The Labute approximate surface area is 112 Å². The van der Waals surface area contributed by atoms with E-state index in [4.69, 9.17) is 9.26 Å². The van der Waals surface area contributed by atoms with Gasteiger partial charge in [0.1, 0.15) is 6.10 Å². The lowest BCUT2D eigenvalue weighted by atomic mass is 10.2. The summed E-state index contributed by atoms with van der Waals surface area (Å²) in [4.78, 5) is 15.8. The topological polar surface area (TPSA) is 77.2 Å². The summed E-state index contributed by atoms with van der Waals surface area (Å²) >= 11 is 0. The van der Waals surface area contributed by atoms with Crippen molar-refractivity contribution in [2.24, 2.45) is 0 Å². The lowest BCUT2D eigenvalue weighted by Crippen LogP contribution is -2.26. The Kier molecular flexibility index (Phi) is 4.90. The van der Waals surface area contributed by atoms with Gasteiger partial charge in [-0.2, -0.15) is 4.98 Å². The molecule has 2 atom stereocenters. The van der Waals surface area contributed by atoms with Crippen molar-refractivity contribution < 1.29 is 14.1 Å². The van der Waals surface area contributed by atoms with Gasteiger partial charge in [0.2, 0.25) is 5.91 Å². The van der Waals surface area contributed by atoms with Gasteiger partial charge in [0, 0.05) is 6.54 Å². The summed E-state index contributed by atoms with van der Waals surface area (Å²) in [6.07, 6.45) is 4.22. The zero-order valence-corrected chi connectivity index (χ0v) is 11.5. The van der Waals surface area contributed by atoms with Gasteiger partial charge in [-0.25, -0.2) is 0 Å². The van der Waals surface area contributed by atoms with E-state index in [-0.39, 0.29) is 24.5 Å². The van der Waals surface area contributed by atoms with Gasteiger partial charge in [0.15, 0.2) is 5.82 Å². The average molecular weight is 267 g/mol. The summed E-state index contributed by atoms with van der Waals surface area (Å²) in [7, 11) is 0. The van der Waals surface area contributed by atoms with E-state index in [0.29, 0.717) is 18.3 Å². The second kappa shape index (κ2) is 6.65. The minimum absolute atomic E-state index is 0.0680. The minimum atomic E-state index is -0.112. The molecule has 6 nitrogen and oxygen atoms in total. The van der Waals surface area contributed by atoms with Crippen LogP contribution < -0.4 is 5.32 Å². The molecule has 0 bridgehead atoms. The quantitative estimate of drug-likeness (QED) is 0.795. The number of carbonyl (C=O) groups excluding carboxylic acids is 1. The smallest absolute Gasteiger partial charge is 0.255 e. The van der Waals surface area contributed by atoms with E-state index < -0.39 is 0 Å². The fraction of sp³-hybridized carbons (Fsp3) is 0.769. The molecule has 1 amide bonds. The SMILES string of the molecule is CCCCNC(=O)Cc1noc(C2CCC(C)O2)n1. The van der Waals surface area contributed by atoms with Crippen LogP contribution in [0.3, 0.4) is 0 Å². The van der Waals surface area contributed by atoms with Crippen LogP contribution in [0.1, 0.15) is 57.3 Å². The molecule has 0 aromatic carbocycles. The van der Waals surface area contributed by atoms with E-state index in [1.54, 1.807) is 0 Å². The molecule has 1 saturated heterocycles. The van der Waals surface area contributed by atoms with E-state index in [2.05, 4.69) is 22.4 Å². The van der Waals surface area contributed by atoms with Gasteiger partial charge in [-0.05, 0) is 26.2 Å². The fourth-order valence-electron chi connectivity index (χ4n) is 2.07. The molecule has 19 heavy (non-hydrogen) atoms. The van der Waals surface area contributed by atoms with Gasteiger partial charge < -0.3 is 14.6 Å². The molecule has 1 aromatic rings. The number of aromatic nitrogens is 2. The summed E-state index contributed by atoms with van der Waals surface area (Å²) in [6, 6.07) is 0. The van der Waals surface area contributed by atoms with Gasteiger partial charge in [-0.3, -0.25) is 4.79 Å². The van der Waals surface area contributed by atoms with E-state index in [0.717, 1.165) is 25.7 Å². The predicted octanol–water partition coefficient (Wildman–Crippen LogP) is 1.77. The molecule has 1 N–H and O–H groups in total. The lowest BCUT2D eigenvalue weighted by molar-refractivity contribution is -0.120. The molecule has 0 saturated carbocycles. The van der Waals surface area contributed by atoms with Crippen LogP contribution in [0.2, 0.25) is 0 Å². The summed E-state index contributed by atoms with van der Waals surface area (Å²) in [5, 5.41) is 6.65. The number of rotatable bonds is 6. The molecule has 2 heterocycles. The van der Waals surface area contributed by atoms with E-state index >= 15 is 0 Å². The van der Waals surface area contributed by atoms with Crippen LogP contribution in [-0.4, -0.2) is 28.7 Å². The van der Waals surface area contributed by atoms with Crippen LogP contribution in [0.4, 0.5) is 0 Å². The van der Waals surface area contributed by atoms with Crippen LogP contribution in [0, 0.1) is 0 Å². The predicted molar refractivity (Wildman–Crippen MR) is 68.4 cm³/mol. The maximum Gasteiger partial charge on any atom is 0.255 e. The molecule has 1 fully saturated rings. The number of nitrogens with one attached hydrogen (secondary N) is 1. The molecular formula is C13H21N3O3. The third-order valence-corrected chi connectivity index (χ3v) is 3.16. The highest BCUT2D eigenvalue weighted by Gasteiger charge is 2.28. The first-order valence-electron chi connectivity index (χ1n) is 6.93. The third kappa shape index (κ3) is 4.02. The number of ether oxygens (including phenoxy) is 1. The second-order valence-electron chi connectivity index (χ2n) is 4.94. The molecule has 0 aliphatic carbocycles. The summed E-state index contributed by atoms with van der Waals surface area (Å²) < 4.78 is 10.8.